The molecule has 5 heteroatoms. The van der Waals surface area contributed by atoms with Crippen LogP contribution in [-0.4, -0.2) is 11.4 Å². The Balaban J connectivity index is 2.45. The van der Waals surface area contributed by atoms with Gasteiger partial charge < -0.3 is 10.3 Å². The summed E-state index contributed by atoms with van der Waals surface area (Å²) in [6.45, 7) is 0. The molecule has 0 radical (unpaired) electrons. The highest BCUT2D eigenvalue weighted by Crippen LogP contribution is 2.26. The Labute approximate surface area is 90.4 Å². The van der Waals surface area contributed by atoms with Crippen molar-refractivity contribution in [3.8, 4) is 11.3 Å². The molecule has 0 aliphatic rings. The van der Waals surface area contributed by atoms with Crippen molar-refractivity contribution < 1.29 is 8.91 Å². The Morgan fingerprint density at radius 3 is 2.73 bits per heavy atom. The first-order chi connectivity index (χ1) is 7.20. The summed E-state index contributed by atoms with van der Waals surface area (Å²) in [6.07, 6.45) is 1.89. The minimum atomic E-state index is -0.324. The number of nitrogens with two attached hydrogens (primary N) is 1. The van der Waals surface area contributed by atoms with Crippen molar-refractivity contribution in [2.24, 2.45) is 0 Å². The fraction of sp³-hybridized carbons (Fsp3) is 0.100. The van der Waals surface area contributed by atoms with Crippen LogP contribution in [0.5, 0.6) is 0 Å². The number of halogens is 1. The van der Waals surface area contributed by atoms with Crippen LogP contribution >= 0.6 is 11.8 Å². The second kappa shape index (κ2) is 3.94. The molecule has 2 N–H and O–H groups in total. The topological polar surface area (TPSA) is 52.0 Å². The van der Waals surface area contributed by atoms with Crippen LogP contribution in [0, 0.1) is 5.82 Å². The number of nitrogen functional groups attached to an aromatic ring is 1. The molecule has 0 unspecified atom stereocenters. The zero-order chi connectivity index (χ0) is 10.8. The predicted octanol–water partition coefficient (Wildman–Crippen LogP) is 2.78. The first-order valence-electron chi connectivity index (χ1n) is 4.27. The van der Waals surface area contributed by atoms with Crippen molar-refractivity contribution in [2.75, 3.05) is 12.0 Å². The van der Waals surface area contributed by atoms with Gasteiger partial charge in [0.05, 0.1) is 0 Å². The number of hydrogen-bond donors (Lipinski definition) is 1. The Morgan fingerprint density at radius 1 is 1.40 bits per heavy atom. The molecule has 1 heterocycles. The molecule has 0 spiro atoms. The highest BCUT2D eigenvalue weighted by Gasteiger charge is 2.10. The summed E-state index contributed by atoms with van der Waals surface area (Å²) in [5, 5.41) is 3.66. The van der Waals surface area contributed by atoms with Crippen LogP contribution in [0.1, 0.15) is 0 Å². The molecule has 0 aliphatic heterocycles. The first kappa shape index (κ1) is 10.0. The van der Waals surface area contributed by atoms with E-state index in [1.807, 2.05) is 12.3 Å². The molecule has 0 saturated heterocycles. The smallest absolute Gasteiger partial charge is 0.222 e. The van der Waals surface area contributed by atoms with Gasteiger partial charge in [-0.15, -0.1) is 11.8 Å². The summed E-state index contributed by atoms with van der Waals surface area (Å²) in [5.74, 6) is -0.145. The molecule has 0 atom stereocenters. The van der Waals surface area contributed by atoms with E-state index in [9.17, 15) is 4.39 Å². The lowest BCUT2D eigenvalue weighted by Crippen LogP contribution is -1.84. The molecular formula is C10H9FN2OS. The van der Waals surface area contributed by atoms with Gasteiger partial charge in [-0.25, -0.2) is 4.39 Å². The molecule has 78 valence electrons. The van der Waals surface area contributed by atoms with E-state index in [1.54, 1.807) is 6.07 Å². The van der Waals surface area contributed by atoms with Gasteiger partial charge in [0.2, 0.25) is 5.88 Å². The molecule has 0 bridgehead atoms. The van der Waals surface area contributed by atoms with Crippen LogP contribution in [0.4, 0.5) is 10.3 Å². The van der Waals surface area contributed by atoms with E-state index in [2.05, 4.69) is 9.68 Å². The van der Waals surface area contributed by atoms with E-state index in [1.165, 1.54) is 23.9 Å². The van der Waals surface area contributed by atoms with Crippen LogP contribution in [0.2, 0.25) is 0 Å². The van der Waals surface area contributed by atoms with Crippen molar-refractivity contribution >= 4 is 17.6 Å². The third kappa shape index (κ3) is 1.97. The average molecular weight is 224 g/mol. The predicted molar refractivity (Wildman–Crippen MR) is 58.1 cm³/mol. The van der Waals surface area contributed by atoms with E-state index in [-0.39, 0.29) is 11.7 Å². The molecule has 3 nitrogen and oxygen atoms in total. The highest BCUT2D eigenvalue weighted by atomic mass is 32.2. The van der Waals surface area contributed by atoms with E-state index in [0.29, 0.717) is 11.3 Å². The van der Waals surface area contributed by atoms with Crippen molar-refractivity contribution in [3.05, 3.63) is 30.1 Å². The summed E-state index contributed by atoms with van der Waals surface area (Å²) in [4.78, 5) is 0.868. The van der Waals surface area contributed by atoms with Gasteiger partial charge in [0.15, 0.2) is 0 Å². The van der Waals surface area contributed by atoms with Gasteiger partial charge in [0.1, 0.15) is 11.5 Å². The molecule has 2 aromatic rings. The number of thioether (sulfide) groups is 1. The quantitative estimate of drug-likeness (QED) is 0.797. The maximum absolute atomic E-state index is 13.6. The Kier molecular flexibility index (Phi) is 2.64. The Bertz CT molecular complexity index is 484. The number of aromatic nitrogens is 1. The average Bonchev–Trinajstić information content (AvgIpc) is 2.64. The molecule has 15 heavy (non-hydrogen) atoms. The number of rotatable bonds is 2. The zero-order valence-electron chi connectivity index (χ0n) is 8.03. The summed E-state index contributed by atoms with van der Waals surface area (Å²) in [5.41, 5.74) is 6.18. The fourth-order valence-electron chi connectivity index (χ4n) is 1.25. The van der Waals surface area contributed by atoms with Crippen LogP contribution < -0.4 is 5.73 Å². The molecular weight excluding hydrogens is 215 g/mol. The monoisotopic (exact) mass is 224 g/mol. The molecule has 0 amide bonds. The maximum atomic E-state index is 13.6. The number of anilines is 1. The highest BCUT2D eigenvalue weighted by molar-refractivity contribution is 7.98. The largest absolute Gasteiger partial charge is 0.368 e. The van der Waals surface area contributed by atoms with Gasteiger partial charge in [-0.3, -0.25) is 0 Å². The molecule has 0 fully saturated rings. The van der Waals surface area contributed by atoms with E-state index < -0.39 is 0 Å². The number of benzene rings is 1. The molecule has 0 aliphatic carbocycles. The van der Waals surface area contributed by atoms with E-state index >= 15 is 0 Å². The van der Waals surface area contributed by atoms with Gasteiger partial charge in [0, 0.05) is 16.5 Å². The first-order valence-corrected chi connectivity index (χ1v) is 5.49. The lowest BCUT2D eigenvalue weighted by molar-refractivity contribution is 0.438. The van der Waals surface area contributed by atoms with Crippen molar-refractivity contribution in [2.45, 2.75) is 4.90 Å². The van der Waals surface area contributed by atoms with E-state index in [0.717, 1.165) is 4.90 Å². The minimum Gasteiger partial charge on any atom is -0.368 e. The second-order valence-corrected chi connectivity index (χ2v) is 3.84. The maximum Gasteiger partial charge on any atom is 0.222 e. The van der Waals surface area contributed by atoms with Crippen LogP contribution in [0.15, 0.2) is 33.7 Å². The molecule has 2 rings (SSSR count). The SMILES string of the molecule is CSc1ccc(-c2cc(N)on2)c(F)c1. The zero-order valence-corrected chi connectivity index (χ0v) is 8.84. The van der Waals surface area contributed by atoms with Gasteiger partial charge in [-0.05, 0) is 24.5 Å². The van der Waals surface area contributed by atoms with Crippen molar-refractivity contribution in [3.63, 3.8) is 0 Å². The van der Waals surface area contributed by atoms with Crippen LogP contribution in [0.25, 0.3) is 11.3 Å². The number of hydrogen-bond acceptors (Lipinski definition) is 4. The van der Waals surface area contributed by atoms with Gasteiger partial charge in [-0.1, -0.05) is 5.16 Å². The van der Waals surface area contributed by atoms with Gasteiger partial charge in [-0.2, -0.15) is 0 Å². The molecule has 0 saturated carbocycles. The van der Waals surface area contributed by atoms with Crippen LogP contribution in [-0.2, 0) is 0 Å². The third-order valence-electron chi connectivity index (χ3n) is 1.98. The third-order valence-corrected chi connectivity index (χ3v) is 2.71. The van der Waals surface area contributed by atoms with Gasteiger partial charge in [0.25, 0.3) is 0 Å². The number of nitrogens with zero attached hydrogens (tertiary/aromatic N) is 1. The van der Waals surface area contributed by atoms with Crippen molar-refractivity contribution in [1.82, 2.24) is 5.16 Å². The summed E-state index contributed by atoms with van der Waals surface area (Å²) >= 11 is 1.48. The summed E-state index contributed by atoms with van der Waals surface area (Å²) < 4.78 is 18.3. The Hall–Kier alpha value is -1.49. The summed E-state index contributed by atoms with van der Waals surface area (Å²) in [7, 11) is 0. The van der Waals surface area contributed by atoms with Gasteiger partial charge >= 0.3 is 0 Å². The summed E-state index contributed by atoms with van der Waals surface area (Å²) in [6, 6.07) is 6.45. The molecule has 1 aromatic carbocycles. The lowest BCUT2D eigenvalue weighted by atomic mass is 10.1. The Morgan fingerprint density at radius 2 is 2.20 bits per heavy atom. The second-order valence-electron chi connectivity index (χ2n) is 2.96. The standard InChI is InChI=1S/C10H9FN2OS/c1-15-6-2-3-7(8(11)4-6)9-5-10(12)14-13-9/h2-5H,12H2,1H3. The minimum absolute atomic E-state index is 0.179. The molecule has 1 aromatic heterocycles. The van der Waals surface area contributed by atoms with E-state index in [4.69, 9.17) is 5.73 Å². The lowest BCUT2D eigenvalue weighted by Gasteiger charge is -2.00. The van der Waals surface area contributed by atoms with Crippen molar-refractivity contribution in [1.29, 1.82) is 0 Å². The fourth-order valence-corrected chi connectivity index (χ4v) is 1.67. The normalized spacial score (nSPS) is 10.5. The van der Waals surface area contributed by atoms with Crippen LogP contribution in [0.3, 0.4) is 0 Å².